The molecular weight excluding hydrogens is 562 g/mol. The Kier molecular flexibility index (Phi) is 5.81. The molecule has 0 fully saturated rings. The largest absolute Gasteiger partial charge is 0.308 e. The van der Waals surface area contributed by atoms with Crippen LogP contribution in [0, 0.1) is 12.3 Å². The maximum Gasteiger partial charge on any atom is 0.238 e. The van der Waals surface area contributed by atoms with E-state index in [0.29, 0.717) is 17.6 Å². The highest BCUT2D eigenvalue weighted by Crippen LogP contribution is 2.38. The van der Waals surface area contributed by atoms with Crippen LogP contribution in [0.1, 0.15) is 5.56 Å². The van der Waals surface area contributed by atoms with Crippen molar-refractivity contribution >= 4 is 43.6 Å². The van der Waals surface area contributed by atoms with Crippen LogP contribution in [0.4, 0.5) is 0 Å². The second kappa shape index (κ2) is 10.3. The van der Waals surface area contributed by atoms with E-state index in [-0.39, 0.29) is 0 Å². The average molecular weight is 588 g/mol. The molecule has 0 aliphatic carbocycles. The van der Waals surface area contributed by atoms with Crippen molar-refractivity contribution < 1.29 is 0 Å². The lowest BCUT2D eigenvalue weighted by Crippen LogP contribution is -2.06. The van der Waals surface area contributed by atoms with Gasteiger partial charge in [0.1, 0.15) is 0 Å². The zero-order chi connectivity index (χ0) is 30.6. The molecule has 0 aliphatic rings. The number of aromatic nitrogens is 5. The normalized spacial score (nSPS) is 11.5. The molecule has 0 bridgehead atoms. The zero-order valence-corrected chi connectivity index (χ0v) is 24.7. The third-order valence-corrected chi connectivity index (χ3v) is 8.65. The van der Waals surface area contributed by atoms with Crippen LogP contribution < -0.4 is 0 Å². The Labute approximate surface area is 265 Å². The highest BCUT2D eigenvalue weighted by atomic mass is 15.2. The predicted molar refractivity (Wildman–Crippen MR) is 187 cm³/mol. The summed E-state index contributed by atoms with van der Waals surface area (Å²) < 4.78 is 4.40. The van der Waals surface area contributed by atoms with E-state index in [1.54, 1.807) is 0 Å². The van der Waals surface area contributed by atoms with Crippen LogP contribution in [0.15, 0.2) is 146 Å². The van der Waals surface area contributed by atoms with Crippen molar-refractivity contribution in [3.8, 4) is 46.8 Å². The molecule has 0 saturated carbocycles. The fourth-order valence-electron chi connectivity index (χ4n) is 6.60. The minimum Gasteiger partial charge on any atom is -0.308 e. The molecule has 5 nitrogen and oxygen atoms in total. The molecule has 9 rings (SSSR count). The Hall–Kier alpha value is -6.51. The molecule has 6 aromatic carbocycles. The number of fused-ring (bicyclic) bond motifs is 6. The van der Waals surface area contributed by atoms with Crippen molar-refractivity contribution in [2.75, 3.05) is 0 Å². The molecule has 3 heterocycles. The summed E-state index contributed by atoms with van der Waals surface area (Å²) in [5.41, 5.74) is 7.72. The molecule has 214 valence electrons. The van der Waals surface area contributed by atoms with Gasteiger partial charge in [0.15, 0.2) is 11.6 Å². The molecule has 5 heteroatoms. The second-order valence-corrected chi connectivity index (χ2v) is 11.3. The Bertz CT molecular complexity index is 2530. The van der Waals surface area contributed by atoms with Gasteiger partial charge in [0.2, 0.25) is 5.95 Å². The van der Waals surface area contributed by atoms with Gasteiger partial charge in [-0.05, 0) is 30.3 Å². The Morgan fingerprint density at radius 2 is 0.891 bits per heavy atom. The smallest absolute Gasteiger partial charge is 0.238 e. The third kappa shape index (κ3) is 3.94. The number of terminal acetylenes is 1. The van der Waals surface area contributed by atoms with Crippen LogP contribution in [0.2, 0.25) is 0 Å². The van der Waals surface area contributed by atoms with Gasteiger partial charge in [-0.1, -0.05) is 121 Å². The van der Waals surface area contributed by atoms with Gasteiger partial charge in [0.25, 0.3) is 0 Å². The molecule has 0 atom stereocenters. The van der Waals surface area contributed by atoms with Gasteiger partial charge in [-0.2, -0.15) is 9.97 Å². The van der Waals surface area contributed by atoms with Gasteiger partial charge in [-0.25, -0.2) is 4.98 Å². The number of hydrogen-bond donors (Lipinski definition) is 0. The Balaban J connectivity index is 1.37. The SMILES string of the molecule is C#Cc1cc2c(cc1-n1c3ccccc3c3ccccc31)c1ccccc1n2-c1nc(-c2ccccc2)nc(-c2ccccc2)n1. The standard InChI is InChI=1S/C41H25N5/c1-2-27-25-38-33(26-37(27)45-34-22-12-9-19-30(34)31-20-10-13-23-35(31)45)32-21-11-14-24-36(32)46(38)41-43-39(28-15-5-3-6-16-28)42-40(44-41)29-17-7-4-8-18-29/h1,3-26H. The molecule has 46 heavy (non-hydrogen) atoms. The average Bonchev–Trinajstić information content (AvgIpc) is 3.64. The van der Waals surface area contributed by atoms with Crippen molar-refractivity contribution in [1.82, 2.24) is 24.1 Å². The number of para-hydroxylation sites is 3. The maximum atomic E-state index is 6.31. The second-order valence-electron chi connectivity index (χ2n) is 11.3. The fraction of sp³-hybridized carbons (Fsp3) is 0. The molecule has 0 spiro atoms. The first kappa shape index (κ1) is 25.9. The lowest BCUT2D eigenvalue weighted by atomic mass is 10.1. The maximum absolute atomic E-state index is 6.31. The summed E-state index contributed by atoms with van der Waals surface area (Å²) in [6, 6.07) is 49.7. The summed E-state index contributed by atoms with van der Waals surface area (Å²) in [5.74, 6) is 4.76. The lowest BCUT2D eigenvalue weighted by molar-refractivity contribution is 0.953. The summed E-state index contributed by atoms with van der Waals surface area (Å²) in [6.07, 6.45) is 6.31. The van der Waals surface area contributed by atoms with Gasteiger partial charge < -0.3 is 4.57 Å². The van der Waals surface area contributed by atoms with Crippen molar-refractivity contribution in [2.45, 2.75) is 0 Å². The summed E-state index contributed by atoms with van der Waals surface area (Å²) in [6.45, 7) is 0. The van der Waals surface area contributed by atoms with E-state index in [2.05, 4.69) is 93.9 Å². The summed E-state index contributed by atoms with van der Waals surface area (Å²) in [4.78, 5) is 15.0. The van der Waals surface area contributed by atoms with E-state index in [1.807, 2.05) is 66.7 Å². The van der Waals surface area contributed by atoms with Crippen molar-refractivity contribution in [1.29, 1.82) is 0 Å². The molecule has 0 radical (unpaired) electrons. The van der Waals surface area contributed by atoms with Crippen LogP contribution >= 0.6 is 0 Å². The van der Waals surface area contributed by atoms with Crippen LogP contribution in [-0.4, -0.2) is 24.1 Å². The Morgan fingerprint density at radius 1 is 0.435 bits per heavy atom. The third-order valence-electron chi connectivity index (χ3n) is 8.65. The molecular formula is C41H25N5. The number of benzene rings is 6. The number of nitrogens with zero attached hydrogens (tertiary/aromatic N) is 5. The van der Waals surface area contributed by atoms with Gasteiger partial charge in [-0.15, -0.1) is 6.42 Å². The Morgan fingerprint density at radius 3 is 1.41 bits per heavy atom. The van der Waals surface area contributed by atoms with E-state index >= 15 is 0 Å². The molecule has 0 amide bonds. The van der Waals surface area contributed by atoms with Crippen LogP contribution in [0.5, 0.6) is 0 Å². The van der Waals surface area contributed by atoms with E-state index in [0.717, 1.165) is 55.2 Å². The summed E-state index contributed by atoms with van der Waals surface area (Å²) >= 11 is 0. The summed E-state index contributed by atoms with van der Waals surface area (Å²) in [7, 11) is 0. The van der Waals surface area contributed by atoms with Crippen molar-refractivity contribution in [2.24, 2.45) is 0 Å². The number of hydrogen-bond acceptors (Lipinski definition) is 3. The van der Waals surface area contributed by atoms with E-state index in [1.165, 1.54) is 10.8 Å². The lowest BCUT2D eigenvalue weighted by Gasteiger charge is -2.13. The van der Waals surface area contributed by atoms with Crippen LogP contribution in [0.3, 0.4) is 0 Å². The highest BCUT2D eigenvalue weighted by Gasteiger charge is 2.21. The molecule has 0 unspecified atom stereocenters. The fourth-order valence-corrected chi connectivity index (χ4v) is 6.60. The first-order chi connectivity index (χ1) is 22.8. The minimum absolute atomic E-state index is 0.534. The van der Waals surface area contributed by atoms with Gasteiger partial charge in [0, 0.05) is 32.7 Å². The minimum atomic E-state index is 0.534. The molecule has 0 aliphatic heterocycles. The first-order valence-electron chi connectivity index (χ1n) is 15.2. The number of rotatable bonds is 4. The first-order valence-corrected chi connectivity index (χ1v) is 15.2. The van der Waals surface area contributed by atoms with Crippen molar-refractivity contribution in [3.05, 3.63) is 151 Å². The predicted octanol–water partition coefficient (Wildman–Crippen LogP) is 9.38. The zero-order valence-electron chi connectivity index (χ0n) is 24.7. The van der Waals surface area contributed by atoms with E-state index in [4.69, 9.17) is 21.4 Å². The van der Waals surface area contributed by atoms with E-state index in [9.17, 15) is 0 Å². The molecule has 0 saturated heterocycles. The molecule has 9 aromatic rings. The van der Waals surface area contributed by atoms with Crippen molar-refractivity contribution in [3.63, 3.8) is 0 Å². The quantitative estimate of drug-likeness (QED) is 0.193. The van der Waals surface area contributed by atoms with Gasteiger partial charge in [-0.3, -0.25) is 4.57 Å². The van der Waals surface area contributed by atoms with Crippen LogP contribution in [-0.2, 0) is 0 Å². The summed E-state index contributed by atoms with van der Waals surface area (Å²) in [5, 5.41) is 4.53. The van der Waals surface area contributed by atoms with E-state index < -0.39 is 0 Å². The van der Waals surface area contributed by atoms with Crippen LogP contribution in [0.25, 0.3) is 78.0 Å². The highest BCUT2D eigenvalue weighted by molar-refractivity contribution is 6.12. The monoisotopic (exact) mass is 587 g/mol. The molecule has 3 aromatic heterocycles. The molecule has 0 N–H and O–H groups in total. The topological polar surface area (TPSA) is 48.5 Å². The van der Waals surface area contributed by atoms with Gasteiger partial charge >= 0.3 is 0 Å². The van der Waals surface area contributed by atoms with Gasteiger partial charge in [0.05, 0.1) is 33.3 Å².